The van der Waals surface area contributed by atoms with E-state index in [-0.39, 0.29) is 6.92 Å². The average molecular weight is 289 g/mol. The molecule has 2 atom stereocenters. The summed E-state index contributed by atoms with van der Waals surface area (Å²) in [7, 11) is 0. The lowest BCUT2D eigenvalue weighted by molar-refractivity contribution is -0.676. The first-order valence-electron chi connectivity index (χ1n) is 3.95. The van der Waals surface area contributed by atoms with E-state index < -0.39 is 24.7 Å². The highest BCUT2D eigenvalue weighted by Gasteiger charge is 2.53. The zero-order valence-corrected chi connectivity index (χ0v) is 8.76. The molecule has 0 spiro atoms. The summed E-state index contributed by atoms with van der Waals surface area (Å²) >= 11 is 0. The van der Waals surface area contributed by atoms with Crippen LogP contribution < -0.4 is 5.11 Å². The van der Waals surface area contributed by atoms with Crippen molar-refractivity contribution in [3.8, 4) is 0 Å². The summed E-state index contributed by atoms with van der Waals surface area (Å²) in [6.45, 7) is 0.937. The monoisotopic (exact) mass is 289 g/mol. The van der Waals surface area contributed by atoms with Crippen LogP contribution in [-0.2, 0) is 19.2 Å². The Bertz CT molecular complexity index is 245. The Labute approximate surface area is 95.5 Å². The van der Waals surface area contributed by atoms with E-state index in [2.05, 4.69) is 19.2 Å². The Morgan fingerprint density at radius 2 is 1.61 bits per heavy atom. The van der Waals surface area contributed by atoms with Crippen molar-refractivity contribution >= 4 is 0 Å². The summed E-state index contributed by atoms with van der Waals surface area (Å²) in [5, 5.41) is 16.9. The third-order valence-corrected chi connectivity index (χ3v) is 0.894. The number of ether oxygens (including phenoxy) is 2. The molecule has 2 unspecified atom stereocenters. The van der Waals surface area contributed by atoms with Crippen LogP contribution in [-0.4, -0.2) is 29.8 Å². The Morgan fingerprint density at radius 3 is 1.67 bits per heavy atom. The highest BCUT2D eigenvalue weighted by Crippen LogP contribution is 2.35. The fraction of sp³-hybridized carbons (Fsp3) is 1.00. The van der Waals surface area contributed by atoms with Crippen LogP contribution in [0.15, 0.2) is 0 Å². The van der Waals surface area contributed by atoms with Crippen LogP contribution in [0.25, 0.3) is 0 Å². The van der Waals surface area contributed by atoms with E-state index in [1.807, 2.05) is 0 Å². The molecule has 0 aliphatic carbocycles. The number of hydrogen-bond acceptors (Lipinski definition) is 6. The van der Waals surface area contributed by atoms with E-state index in [4.69, 9.17) is 10.2 Å². The molecule has 0 amide bonds. The minimum Gasteiger partial charge on any atom is -0.774 e. The van der Waals surface area contributed by atoms with Crippen LogP contribution in [0.1, 0.15) is 13.8 Å². The first kappa shape index (κ1) is 17.3. The van der Waals surface area contributed by atoms with Crippen molar-refractivity contribution in [2.24, 2.45) is 0 Å². The Kier molecular flexibility index (Phi) is 4.96. The van der Waals surface area contributed by atoms with E-state index in [1.54, 1.807) is 0 Å². The molecule has 1 N–H and O–H groups in total. The van der Waals surface area contributed by atoms with E-state index in [0.29, 0.717) is 6.92 Å². The molecule has 0 aromatic carbocycles. The van der Waals surface area contributed by atoms with Gasteiger partial charge >= 0.3 is 18.4 Å². The zero-order valence-electron chi connectivity index (χ0n) is 8.76. The molecule has 1 aliphatic rings. The van der Waals surface area contributed by atoms with Gasteiger partial charge in [-0.15, -0.1) is 13.7 Å². The first-order chi connectivity index (χ1) is 7.62. The SMILES string of the molecule is CC(O)(F)OC([O-])(F)F.CC1(F)OOC(F)(F)O1. The predicted octanol–water partition coefficient (Wildman–Crippen LogP) is 0.707. The second-order valence-corrected chi connectivity index (χ2v) is 3.00. The normalized spacial score (nSPS) is 30.3. The highest BCUT2D eigenvalue weighted by molar-refractivity contribution is 4.47. The molecule has 0 aromatic heterocycles. The third-order valence-electron chi connectivity index (χ3n) is 0.894. The van der Waals surface area contributed by atoms with Gasteiger partial charge in [-0.25, -0.2) is 4.74 Å². The van der Waals surface area contributed by atoms with E-state index in [1.165, 1.54) is 0 Å². The number of alkyl halides is 6. The maximum Gasteiger partial charge on any atom is 0.517 e. The average Bonchev–Trinajstić information content (AvgIpc) is 2.16. The maximum absolute atomic E-state index is 12.1. The molecule has 12 heteroatoms. The van der Waals surface area contributed by atoms with Gasteiger partial charge in [-0.2, -0.15) is 22.4 Å². The molecule has 0 radical (unpaired) electrons. The van der Waals surface area contributed by atoms with Gasteiger partial charge in [0.1, 0.15) is 0 Å². The van der Waals surface area contributed by atoms with Gasteiger partial charge in [-0.1, -0.05) is 0 Å². The van der Waals surface area contributed by atoms with E-state index in [9.17, 15) is 26.3 Å². The summed E-state index contributed by atoms with van der Waals surface area (Å²) in [6.07, 6.45) is -8.86. The summed E-state index contributed by atoms with van der Waals surface area (Å²) < 4.78 is 74.9. The lowest BCUT2D eigenvalue weighted by Crippen LogP contribution is -2.43. The highest BCUT2D eigenvalue weighted by atomic mass is 19.3. The molecule has 6 nitrogen and oxygen atoms in total. The van der Waals surface area contributed by atoms with Gasteiger partial charge in [0.15, 0.2) is 0 Å². The molecule has 0 saturated carbocycles. The molecule has 18 heavy (non-hydrogen) atoms. The molecule has 1 rings (SSSR count). The van der Waals surface area contributed by atoms with Gasteiger partial charge in [0, 0.05) is 13.8 Å². The van der Waals surface area contributed by atoms with Gasteiger partial charge in [-0.05, 0) is 0 Å². The quantitative estimate of drug-likeness (QED) is 0.458. The maximum atomic E-state index is 12.1. The van der Waals surface area contributed by atoms with E-state index >= 15 is 0 Å². The Morgan fingerprint density at radius 1 is 1.17 bits per heavy atom. The smallest absolute Gasteiger partial charge is 0.517 e. The van der Waals surface area contributed by atoms with Crippen molar-refractivity contribution in [1.82, 2.24) is 0 Å². The van der Waals surface area contributed by atoms with Gasteiger partial charge in [0.2, 0.25) is 0 Å². The number of rotatable bonds is 2. The fourth-order valence-electron chi connectivity index (χ4n) is 0.586. The van der Waals surface area contributed by atoms with Crippen LogP contribution in [0.2, 0.25) is 0 Å². The van der Waals surface area contributed by atoms with Crippen molar-refractivity contribution < 1.29 is 55.8 Å². The van der Waals surface area contributed by atoms with Crippen molar-refractivity contribution in [2.45, 2.75) is 38.5 Å². The van der Waals surface area contributed by atoms with Crippen molar-refractivity contribution in [1.29, 1.82) is 0 Å². The molecule has 0 aromatic rings. The minimum atomic E-state index is -4.89. The standard InChI is InChI=1S/C3H3F3O3.C3H4F3O3/c1-2(4)7-3(5,6)9-8-2;1-2(4,7)9-3(5,6)8/h1H3;7H,1H3/q;-1. The molecule has 1 fully saturated rings. The van der Waals surface area contributed by atoms with Crippen LogP contribution in [0.5, 0.6) is 0 Å². The summed E-state index contributed by atoms with van der Waals surface area (Å²) in [6, 6.07) is -6.42. The zero-order chi connectivity index (χ0) is 14.8. The van der Waals surface area contributed by atoms with Crippen LogP contribution >= 0.6 is 0 Å². The Hall–Kier alpha value is -0.660. The second-order valence-electron chi connectivity index (χ2n) is 3.00. The molecule has 1 aliphatic heterocycles. The summed E-state index contributed by atoms with van der Waals surface area (Å²) in [4.78, 5) is 6.54. The van der Waals surface area contributed by atoms with Gasteiger partial charge < -0.3 is 10.2 Å². The van der Waals surface area contributed by atoms with Crippen molar-refractivity contribution in [2.75, 3.05) is 0 Å². The molecular formula is C6H7F6O6-. The number of hydrogen-bond donors (Lipinski definition) is 1. The molecule has 0 bridgehead atoms. The second kappa shape index (κ2) is 5.14. The summed E-state index contributed by atoms with van der Waals surface area (Å²) in [5.74, 6) is 0. The topological polar surface area (TPSA) is 80.2 Å². The fourth-order valence-corrected chi connectivity index (χ4v) is 0.586. The van der Waals surface area contributed by atoms with Gasteiger partial charge in [-0.3, -0.25) is 4.74 Å². The summed E-state index contributed by atoms with van der Waals surface area (Å²) in [5.41, 5.74) is 0. The lowest BCUT2D eigenvalue weighted by Gasteiger charge is -2.25. The number of halogens is 6. The van der Waals surface area contributed by atoms with Gasteiger partial charge in [0.05, 0.1) is 0 Å². The Balaban J connectivity index is 0.000000321. The van der Waals surface area contributed by atoms with Crippen LogP contribution in [0, 0.1) is 0 Å². The lowest BCUT2D eigenvalue weighted by atomic mass is 10.7. The van der Waals surface area contributed by atoms with Crippen LogP contribution in [0.3, 0.4) is 0 Å². The number of aliphatic hydroxyl groups is 1. The minimum absolute atomic E-state index is 0.277. The van der Waals surface area contributed by atoms with Gasteiger partial charge in [0.25, 0.3) is 6.29 Å². The molecule has 1 heterocycles. The van der Waals surface area contributed by atoms with Crippen LogP contribution in [0.4, 0.5) is 26.3 Å². The van der Waals surface area contributed by atoms with E-state index in [0.717, 1.165) is 0 Å². The molecule has 1 saturated heterocycles. The van der Waals surface area contributed by atoms with Crippen molar-refractivity contribution in [3.05, 3.63) is 0 Å². The molecular weight excluding hydrogens is 282 g/mol. The predicted molar refractivity (Wildman–Crippen MR) is 35.5 cm³/mol. The first-order valence-corrected chi connectivity index (χ1v) is 3.95. The largest absolute Gasteiger partial charge is 0.774 e. The van der Waals surface area contributed by atoms with Crippen molar-refractivity contribution in [3.63, 3.8) is 0 Å². The third kappa shape index (κ3) is 9.38. The molecule has 110 valence electrons.